The van der Waals surface area contributed by atoms with E-state index in [1.165, 1.54) is 32.1 Å². The molecule has 3 nitrogen and oxygen atoms in total. The Kier molecular flexibility index (Phi) is 3.66. The monoisotopic (exact) mass is 283 g/mol. The largest absolute Gasteiger partial charge is 0.353 e. The molecule has 0 spiro atoms. The van der Waals surface area contributed by atoms with Gasteiger partial charge in [0.25, 0.3) is 0 Å². The second-order valence-corrected chi connectivity index (χ2v) is 6.29. The van der Waals surface area contributed by atoms with Crippen LogP contribution in [-0.2, 0) is 0 Å². The average molecular weight is 284 g/mol. The third-order valence-corrected chi connectivity index (χ3v) is 4.89. The fraction of sp³-hybridized carbons (Fsp3) is 0.692. The average Bonchev–Trinajstić information content (AvgIpc) is 2.81. The molecule has 98 valence electrons. The molecule has 1 aromatic rings. The third-order valence-electron chi connectivity index (χ3n) is 4.15. The van der Waals surface area contributed by atoms with Gasteiger partial charge in [-0.25, -0.2) is 9.97 Å². The number of hydrogen-bond donors (Lipinski definition) is 0. The van der Waals surface area contributed by atoms with Crippen LogP contribution in [0.1, 0.15) is 32.1 Å². The number of fused-ring (bicyclic) bond motifs is 1. The standard InChI is InChI=1S/C13H18ClN3S/c1-18-13-15-11(14)8-12(16-13)17-7-6-9-4-2-3-5-10(9)17/h8-10H,2-7H2,1H3. The molecular formula is C13H18ClN3S. The highest BCUT2D eigenvalue weighted by Gasteiger charge is 2.36. The van der Waals surface area contributed by atoms with Crippen LogP contribution in [0.4, 0.5) is 5.82 Å². The summed E-state index contributed by atoms with van der Waals surface area (Å²) in [6.07, 6.45) is 8.74. The molecule has 3 rings (SSSR count). The molecule has 2 aliphatic rings. The molecule has 2 fully saturated rings. The van der Waals surface area contributed by atoms with Gasteiger partial charge in [-0.1, -0.05) is 36.2 Å². The van der Waals surface area contributed by atoms with Crippen molar-refractivity contribution in [2.24, 2.45) is 5.92 Å². The van der Waals surface area contributed by atoms with Gasteiger partial charge in [0.15, 0.2) is 5.16 Å². The van der Waals surface area contributed by atoms with Crippen LogP contribution >= 0.6 is 23.4 Å². The highest BCUT2D eigenvalue weighted by atomic mass is 35.5. The van der Waals surface area contributed by atoms with Gasteiger partial charge in [-0.05, 0) is 31.4 Å². The van der Waals surface area contributed by atoms with E-state index in [-0.39, 0.29) is 0 Å². The van der Waals surface area contributed by atoms with Gasteiger partial charge in [-0.15, -0.1) is 0 Å². The Labute approximate surface area is 117 Å². The lowest BCUT2D eigenvalue weighted by atomic mass is 9.85. The van der Waals surface area contributed by atoms with Crippen molar-refractivity contribution >= 4 is 29.2 Å². The molecule has 0 amide bonds. The van der Waals surface area contributed by atoms with Crippen molar-refractivity contribution < 1.29 is 0 Å². The zero-order valence-electron chi connectivity index (χ0n) is 10.6. The fourth-order valence-electron chi connectivity index (χ4n) is 3.31. The van der Waals surface area contributed by atoms with E-state index in [2.05, 4.69) is 14.9 Å². The molecule has 2 unspecified atom stereocenters. The van der Waals surface area contributed by atoms with E-state index in [1.807, 2.05) is 12.3 Å². The summed E-state index contributed by atoms with van der Waals surface area (Å²) in [4.78, 5) is 11.3. The first kappa shape index (κ1) is 12.5. The van der Waals surface area contributed by atoms with Crippen LogP contribution in [0.3, 0.4) is 0 Å². The summed E-state index contributed by atoms with van der Waals surface area (Å²) >= 11 is 7.64. The van der Waals surface area contributed by atoms with E-state index in [0.717, 1.165) is 23.4 Å². The molecule has 1 aromatic heterocycles. The minimum absolute atomic E-state index is 0.559. The zero-order valence-corrected chi connectivity index (χ0v) is 12.2. The van der Waals surface area contributed by atoms with Crippen LogP contribution in [0, 0.1) is 5.92 Å². The Morgan fingerprint density at radius 3 is 2.94 bits per heavy atom. The van der Waals surface area contributed by atoms with E-state index >= 15 is 0 Å². The number of aromatic nitrogens is 2. The summed E-state index contributed by atoms with van der Waals surface area (Å²) in [5.74, 6) is 1.89. The summed E-state index contributed by atoms with van der Waals surface area (Å²) in [7, 11) is 0. The van der Waals surface area contributed by atoms with Crippen molar-refractivity contribution in [1.29, 1.82) is 0 Å². The van der Waals surface area contributed by atoms with E-state index < -0.39 is 0 Å². The molecule has 1 aliphatic carbocycles. The third kappa shape index (κ3) is 2.32. The highest BCUT2D eigenvalue weighted by molar-refractivity contribution is 7.98. The number of nitrogens with zero attached hydrogens (tertiary/aromatic N) is 3. The van der Waals surface area contributed by atoms with E-state index in [1.54, 1.807) is 11.8 Å². The lowest BCUT2D eigenvalue weighted by Crippen LogP contribution is -2.35. The van der Waals surface area contributed by atoms with Crippen LogP contribution in [0.25, 0.3) is 0 Å². The molecule has 0 aromatic carbocycles. The van der Waals surface area contributed by atoms with Gasteiger partial charge in [-0.3, -0.25) is 0 Å². The van der Waals surface area contributed by atoms with Crippen molar-refractivity contribution in [1.82, 2.24) is 9.97 Å². The molecule has 2 atom stereocenters. The molecule has 1 saturated heterocycles. The minimum Gasteiger partial charge on any atom is -0.353 e. The first-order valence-corrected chi connectivity index (χ1v) is 8.23. The van der Waals surface area contributed by atoms with Crippen LogP contribution in [-0.4, -0.2) is 28.8 Å². The van der Waals surface area contributed by atoms with Crippen molar-refractivity contribution in [3.63, 3.8) is 0 Å². The minimum atomic E-state index is 0.559. The molecule has 1 saturated carbocycles. The molecule has 0 bridgehead atoms. The van der Waals surface area contributed by atoms with Crippen molar-refractivity contribution in [2.45, 2.75) is 43.3 Å². The Morgan fingerprint density at radius 2 is 2.11 bits per heavy atom. The molecule has 1 aliphatic heterocycles. The second-order valence-electron chi connectivity index (χ2n) is 5.13. The fourth-order valence-corrected chi connectivity index (χ4v) is 3.92. The smallest absolute Gasteiger partial charge is 0.190 e. The Bertz CT molecular complexity index is 440. The number of hydrogen-bond acceptors (Lipinski definition) is 4. The number of thioether (sulfide) groups is 1. The van der Waals surface area contributed by atoms with Gasteiger partial charge < -0.3 is 4.90 Å². The summed E-state index contributed by atoms with van der Waals surface area (Å²) in [5.41, 5.74) is 0. The predicted octanol–water partition coefficient (Wildman–Crippen LogP) is 3.62. The molecule has 18 heavy (non-hydrogen) atoms. The SMILES string of the molecule is CSc1nc(Cl)cc(N2CCC3CCCCC32)n1. The normalized spacial score (nSPS) is 27.3. The van der Waals surface area contributed by atoms with Crippen LogP contribution in [0.15, 0.2) is 11.2 Å². The topological polar surface area (TPSA) is 29.0 Å². The first-order valence-electron chi connectivity index (χ1n) is 6.63. The quantitative estimate of drug-likeness (QED) is 0.471. The van der Waals surface area contributed by atoms with E-state index in [0.29, 0.717) is 11.2 Å². The maximum atomic E-state index is 6.09. The van der Waals surface area contributed by atoms with Crippen molar-refractivity contribution in [2.75, 3.05) is 17.7 Å². The Balaban J connectivity index is 1.88. The van der Waals surface area contributed by atoms with E-state index in [4.69, 9.17) is 11.6 Å². The number of rotatable bonds is 2. The lowest BCUT2D eigenvalue weighted by Gasteiger charge is -2.32. The maximum Gasteiger partial charge on any atom is 0.190 e. The maximum absolute atomic E-state index is 6.09. The van der Waals surface area contributed by atoms with Gasteiger partial charge in [0.2, 0.25) is 0 Å². The molecule has 0 radical (unpaired) electrons. The first-order chi connectivity index (χ1) is 8.78. The van der Waals surface area contributed by atoms with Gasteiger partial charge in [0.05, 0.1) is 0 Å². The lowest BCUT2D eigenvalue weighted by molar-refractivity contribution is 0.341. The van der Waals surface area contributed by atoms with Crippen LogP contribution < -0.4 is 4.90 Å². The highest BCUT2D eigenvalue weighted by Crippen LogP contribution is 2.38. The number of anilines is 1. The van der Waals surface area contributed by atoms with E-state index in [9.17, 15) is 0 Å². The van der Waals surface area contributed by atoms with Gasteiger partial charge in [0.1, 0.15) is 11.0 Å². The Morgan fingerprint density at radius 1 is 1.28 bits per heavy atom. The van der Waals surface area contributed by atoms with Crippen LogP contribution in [0.2, 0.25) is 5.15 Å². The molecular weight excluding hydrogens is 266 g/mol. The molecule has 2 heterocycles. The number of halogens is 1. The van der Waals surface area contributed by atoms with Crippen molar-refractivity contribution in [3.05, 3.63) is 11.2 Å². The summed E-state index contributed by atoms with van der Waals surface area (Å²) < 4.78 is 0. The molecule has 5 heteroatoms. The van der Waals surface area contributed by atoms with Gasteiger partial charge in [0, 0.05) is 18.7 Å². The van der Waals surface area contributed by atoms with Crippen LogP contribution in [0.5, 0.6) is 0 Å². The summed E-state index contributed by atoms with van der Waals surface area (Å²) in [5, 5.41) is 1.33. The second kappa shape index (κ2) is 5.25. The van der Waals surface area contributed by atoms with Crippen molar-refractivity contribution in [3.8, 4) is 0 Å². The summed E-state index contributed by atoms with van der Waals surface area (Å²) in [6.45, 7) is 1.12. The zero-order chi connectivity index (χ0) is 12.5. The van der Waals surface area contributed by atoms with Gasteiger partial charge >= 0.3 is 0 Å². The Hall–Kier alpha value is -0.480. The van der Waals surface area contributed by atoms with Gasteiger partial charge in [-0.2, -0.15) is 0 Å². The summed E-state index contributed by atoms with van der Waals surface area (Å²) in [6, 6.07) is 2.59. The molecule has 0 N–H and O–H groups in total. The predicted molar refractivity (Wildman–Crippen MR) is 76.5 cm³/mol.